The Kier molecular flexibility index (Phi) is 5.58. The third-order valence-corrected chi connectivity index (χ3v) is 5.88. The molecule has 0 spiro atoms. The van der Waals surface area contributed by atoms with Crippen molar-refractivity contribution >= 4 is 15.9 Å². The molecule has 7 heteroatoms. The Balaban J connectivity index is 1.70. The second-order valence-corrected chi connectivity index (χ2v) is 8.04. The lowest BCUT2D eigenvalue weighted by molar-refractivity contribution is 0.0963. The average Bonchev–Trinajstić information content (AvgIpc) is 2.88. The molecule has 0 unspecified atom stereocenters. The molecule has 0 saturated heterocycles. The molecular formula is C19H22N2O4S. The zero-order chi connectivity index (χ0) is 18.6. The van der Waals surface area contributed by atoms with Gasteiger partial charge < -0.3 is 10.1 Å². The first-order valence-corrected chi connectivity index (χ1v) is 10.0. The maximum atomic E-state index is 12.6. The fraction of sp³-hybridized carbons (Fsp3) is 0.316. The minimum absolute atomic E-state index is 0.0869. The number of carbonyl (C=O) groups is 1. The summed E-state index contributed by atoms with van der Waals surface area (Å²) in [6.45, 7) is 0.889. The van der Waals surface area contributed by atoms with Gasteiger partial charge in [0.25, 0.3) is 5.91 Å². The van der Waals surface area contributed by atoms with Crippen molar-refractivity contribution in [3.05, 3.63) is 59.7 Å². The van der Waals surface area contributed by atoms with Crippen molar-refractivity contribution in [2.45, 2.75) is 17.7 Å². The minimum atomic E-state index is -3.68. The van der Waals surface area contributed by atoms with Crippen molar-refractivity contribution in [2.24, 2.45) is 5.92 Å². The summed E-state index contributed by atoms with van der Waals surface area (Å²) in [6.07, 6.45) is 1.53. The Morgan fingerprint density at radius 3 is 2.81 bits per heavy atom. The number of fused-ring (bicyclic) bond motifs is 1. The molecule has 0 bridgehead atoms. The van der Waals surface area contributed by atoms with Crippen molar-refractivity contribution in [1.82, 2.24) is 10.0 Å². The first-order valence-electron chi connectivity index (χ1n) is 8.52. The van der Waals surface area contributed by atoms with Crippen LogP contribution in [0.5, 0.6) is 5.75 Å². The van der Waals surface area contributed by atoms with E-state index < -0.39 is 10.0 Å². The highest BCUT2D eigenvalue weighted by Gasteiger charge is 2.21. The summed E-state index contributed by atoms with van der Waals surface area (Å²) in [5.74, 6) is 0.700. The van der Waals surface area contributed by atoms with E-state index in [4.69, 9.17) is 4.74 Å². The molecule has 0 aromatic heterocycles. The first-order chi connectivity index (χ1) is 12.5. The van der Waals surface area contributed by atoms with Crippen molar-refractivity contribution in [2.75, 3.05) is 20.2 Å². The molecule has 2 N–H and O–H groups in total. The SMILES string of the molecule is CNC(=O)c1cccc(S(=O)(=O)NC[C@H]2CCOc3ccccc3C2)c1. The number of benzene rings is 2. The van der Waals surface area contributed by atoms with Crippen molar-refractivity contribution < 1.29 is 17.9 Å². The predicted octanol–water partition coefficient (Wildman–Crippen LogP) is 1.97. The second kappa shape index (κ2) is 7.88. The number of rotatable bonds is 5. The maximum absolute atomic E-state index is 12.6. The van der Waals surface area contributed by atoms with Crippen molar-refractivity contribution in [1.29, 1.82) is 0 Å². The number of hydrogen-bond donors (Lipinski definition) is 2. The maximum Gasteiger partial charge on any atom is 0.251 e. The summed E-state index contributed by atoms with van der Waals surface area (Å²) >= 11 is 0. The molecule has 1 atom stereocenters. The standard InChI is InChI=1S/C19H22N2O4S/c1-20-19(22)16-6-4-7-17(12-16)26(23,24)21-13-14-9-10-25-18-8-3-2-5-15(18)11-14/h2-8,12,14,21H,9-11,13H2,1H3,(H,20,22)/t14-/m0/s1. The number of nitrogens with one attached hydrogen (secondary N) is 2. The molecule has 138 valence electrons. The summed E-state index contributed by atoms with van der Waals surface area (Å²) in [5, 5.41) is 2.49. The predicted molar refractivity (Wildman–Crippen MR) is 98.8 cm³/mol. The minimum Gasteiger partial charge on any atom is -0.493 e. The molecule has 1 aliphatic heterocycles. The number of amides is 1. The highest BCUT2D eigenvalue weighted by Crippen LogP contribution is 2.26. The summed E-state index contributed by atoms with van der Waals surface area (Å²) < 4.78 is 33.6. The zero-order valence-corrected chi connectivity index (χ0v) is 15.4. The van der Waals surface area contributed by atoms with E-state index in [1.165, 1.54) is 19.2 Å². The zero-order valence-electron chi connectivity index (χ0n) is 14.6. The van der Waals surface area contributed by atoms with Crippen LogP contribution in [-0.4, -0.2) is 34.5 Å². The van der Waals surface area contributed by atoms with E-state index in [9.17, 15) is 13.2 Å². The molecule has 0 radical (unpaired) electrons. The molecule has 2 aromatic rings. The topological polar surface area (TPSA) is 84.5 Å². The van der Waals surface area contributed by atoms with Crippen molar-refractivity contribution in [3.8, 4) is 5.75 Å². The molecule has 6 nitrogen and oxygen atoms in total. The third-order valence-electron chi connectivity index (χ3n) is 4.46. The summed E-state index contributed by atoms with van der Waals surface area (Å²) in [6, 6.07) is 13.8. The van der Waals surface area contributed by atoms with Gasteiger partial charge in [0.1, 0.15) is 5.75 Å². The lowest BCUT2D eigenvalue weighted by Gasteiger charge is -2.15. The van der Waals surface area contributed by atoms with E-state index in [1.807, 2.05) is 24.3 Å². The number of para-hydroxylation sites is 1. The van der Waals surface area contributed by atoms with Crippen LogP contribution in [0.25, 0.3) is 0 Å². The smallest absolute Gasteiger partial charge is 0.251 e. The monoisotopic (exact) mass is 374 g/mol. The quantitative estimate of drug-likeness (QED) is 0.838. The van der Waals surface area contributed by atoms with Crippen LogP contribution >= 0.6 is 0 Å². The lowest BCUT2D eigenvalue weighted by Crippen LogP contribution is -2.31. The van der Waals surface area contributed by atoms with Crippen LogP contribution in [0.1, 0.15) is 22.3 Å². The molecule has 3 rings (SSSR count). The summed E-state index contributed by atoms with van der Waals surface area (Å²) in [7, 11) is -2.18. The van der Waals surface area contributed by atoms with E-state index in [1.54, 1.807) is 12.1 Å². The van der Waals surface area contributed by atoms with Gasteiger partial charge in [-0.05, 0) is 48.6 Å². The molecule has 2 aromatic carbocycles. The lowest BCUT2D eigenvalue weighted by atomic mass is 9.97. The highest BCUT2D eigenvalue weighted by molar-refractivity contribution is 7.89. The normalized spacial score (nSPS) is 16.9. The Bertz CT molecular complexity index is 896. The first kappa shape index (κ1) is 18.4. The molecule has 0 fully saturated rings. The molecule has 1 aliphatic rings. The van der Waals surface area contributed by atoms with Gasteiger partial charge >= 0.3 is 0 Å². The molecule has 1 heterocycles. The summed E-state index contributed by atoms with van der Waals surface area (Å²) in [5.41, 5.74) is 1.41. The van der Waals surface area contributed by atoms with Crippen molar-refractivity contribution in [3.63, 3.8) is 0 Å². The van der Waals surface area contributed by atoms with E-state index >= 15 is 0 Å². The van der Waals surface area contributed by atoms with Gasteiger partial charge in [-0.1, -0.05) is 24.3 Å². The summed E-state index contributed by atoms with van der Waals surface area (Å²) in [4.78, 5) is 11.8. The van der Waals surface area contributed by atoms with Gasteiger partial charge in [-0.15, -0.1) is 0 Å². The van der Waals surface area contributed by atoms with Gasteiger partial charge in [-0.25, -0.2) is 13.1 Å². The number of ether oxygens (including phenoxy) is 1. The van der Waals surface area contributed by atoms with Gasteiger partial charge in [-0.2, -0.15) is 0 Å². The van der Waals surface area contributed by atoms with Crippen LogP contribution in [0.15, 0.2) is 53.4 Å². The molecule has 0 saturated carbocycles. The van der Waals surface area contributed by atoms with Gasteiger partial charge in [0.05, 0.1) is 11.5 Å². The van der Waals surface area contributed by atoms with Crippen LogP contribution in [-0.2, 0) is 16.4 Å². The Morgan fingerprint density at radius 2 is 2.00 bits per heavy atom. The van der Waals surface area contributed by atoms with Crippen LogP contribution in [0.2, 0.25) is 0 Å². The van der Waals surface area contributed by atoms with E-state index in [0.29, 0.717) is 18.7 Å². The van der Waals surface area contributed by atoms with E-state index in [2.05, 4.69) is 10.0 Å². The fourth-order valence-electron chi connectivity index (χ4n) is 3.00. The molecule has 0 aliphatic carbocycles. The van der Waals surface area contributed by atoms with Crippen LogP contribution in [0.3, 0.4) is 0 Å². The fourth-order valence-corrected chi connectivity index (χ4v) is 4.16. The largest absolute Gasteiger partial charge is 0.493 e. The average molecular weight is 374 g/mol. The Morgan fingerprint density at radius 1 is 1.19 bits per heavy atom. The van der Waals surface area contributed by atoms with Crippen LogP contribution in [0, 0.1) is 5.92 Å². The number of carbonyl (C=O) groups excluding carboxylic acids is 1. The van der Waals surface area contributed by atoms with Crippen LogP contribution in [0.4, 0.5) is 0 Å². The Hall–Kier alpha value is -2.38. The number of sulfonamides is 1. The number of hydrogen-bond acceptors (Lipinski definition) is 4. The highest BCUT2D eigenvalue weighted by atomic mass is 32.2. The third kappa shape index (κ3) is 4.23. The van der Waals surface area contributed by atoms with Gasteiger partial charge in [0.2, 0.25) is 10.0 Å². The van der Waals surface area contributed by atoms with Gasteiger partial charge in [-0.3, -0.25) is 4.79 Å². The second-order valence-electron chi connectivity index (χ2n) is 6.27. The molecule has 1 amide bonds. The van der Waals surface area contributed by atoms with Gasteiger partial charge in [0.15, 0.2) is 0 Å². The molecular weight excluding hydrogens is 352 g/mol. The van der Waals surface area contributed by atoms with Crippen LogP contribution < -0.4 is 14.8 Å². The van der Waals surface area contributed by atoms with Gasteiger partial charge in [0, 0.05) is 19.2 Å². The Labute approximate surface area is 153 Å². The molecule has 26 heavy (non-hydrogen) atoms. The van der Waals surface area contributed by atoms with E-state index in [-0.39, 0.29) is 16.7 Å². The van der Waals surface area contributed by atoms with E-state index in [0.717, 1.165) is 24.2 Å².